The van der Waals surface area contributed by atoms with Crippen molar-refractivity contribution in [3.8, 4) is 0 Å². The summed E-state index contributed by atoms with van der Waals surface area (Å²) in [5.74, 6) is -2.16. The number of carbonyl (C=O) groups is 1. The molecule has 0 aromatic heterocycles. The fraction of sp³-hybridized carbons (Fsp3) is 0.964. The van der Waals surface area contributed by atoms with E-state index in [-0.39, 0.29) is 24.2 Å². The molecule has 10 unspecified atom stereocenters. The first-order valence-electron chi connectivity index (χ1n) is 14.0. The topological polar surface area (TPSA) is 138 Å². The molecule has 4 N–H and O–H groups in total. The van der Waals surface area contributed by atoms with Gasteiger partial charge in [0.1, 0.15) is 12.3 Å². The van der Waals surface area contributed by atoms with Gasteiger partial charge in [0.05, 0.1) is 29.8 Å². The summed E-state index contributed by atoms with van der Waals surface area (Å²) >= 11 is 0. The van der Waals surface area contributed by atoms with Crippen LogP contribution in [0.3, 0.4) is 0 Å². The second kappa shape index (κ2) is 13.7. The largest absolute Gasteiger partial charge is 0.435 e. The van der Waals surface area contributed by atoms with E-state index in [9.17, 15) is 25.2 Å². The lowest BCUT2D eigenvalue weighted by molar-refractivity contribution is -0.296. The standard InChI is InChI=1S/C28H53NO9/c1-14-11-15(2)23(37-21-13-28(8,35-10)24(31)20(7)36-21)18(5)27(34)38-26(33)17(4)22(30)19(6)29(9)25(32)16(3)12-14/h14-26,30-33H,11-13H2,1-10H3/t14?,15?,16?,17?,18?,19?,20-,21-,22?,23?,24-,25?,26?,28+/m0/s1. The second-order valence-electron chi connectivity index (χ2n) is 12.4. The lowest BCUT2D eigenvalue weighted by Crippen LogP contribution is -2.57. The van der Waals surface area contributed by atoms with Crippen LogP contribution in [0, 0.1) is 29.6 Å². The van der Waals surface area contributed by atoms with Gasteiger partial charge in [-0.05, 0) is 65.3 Å². The predicted octanol–water partition coefficient (Wildman–Crippen LogP) is 2.11. The van der Waals surface area contributed by atoms with Crippen LogP contribution in [0.15, 0.2) is 0 Å². The normalized spacial score (nSPS) is 49.1. The molecule has 0 radical (unpaired) electrons. The Morgan fingerprint density at radius 1 is 0.974 bits per heavy atom. The highest BCUT2D eigenvalue weighted by Crippen LogP contribution is 2.36. The van der Waals surface area contributed by atoms with E-state index in [1.54, 1.807) is 46.6 Å². The number of cyclic esters (lactones) is 1. The SMILES string of the molecule is CO[C@]1(C)C[C@H](OC2C(C)CC(C)CC(C)C(O)N(C)C(C)C(O)C(C)C(O)OC(=O)C2C)O[C@@H](C)[C@@H]1O. The molecule has 224 valence electrons. The molecule has 0 spiro atoms. The second-order valence-corrected chi connectivity index (χ2v) is 12.4. The summed E-state index contributed by atoms with van der Waals surface area (Å²) in [6.07, 6.45) is -4.38. The highest BCUT2D eigenvalue weighted by atomic mass is 16.7. The maximum Gasteiger partial charge on any atom is 0.313 e. The van der Waals surface area contributed by atoms with Crippen molar-refractivity contribution < 1.29 is 44.2 Å². The zero-order chi connectivity index (χ0) is 29.1. The molecule has 0 bridgehead atoms. The fourth-order valence-corrected chi connectivity index (χ4v) is 6.09. The Morgan fingerprint density at radius 2 is 1.55 bits per heavy atom. The molecule has 0 aromatic carbocycles. The van der Waals surface area contributed by atoms with Gasteiger partial charge in [0.15, 0.2) is 6.29 Å². The van der Waals surface area contributed by atoms with Crippen LogP contribution in [0.25, 0.3) is 0 Å². The number of aliphatic hydroxyl groups excluding tert-OH is 4. The van der Waals surface area contributed by atoms with Gasteiger partial charge in [-0.1, -0.05) is 27.7 Å². The van der Waals surface area contributed by atoms with Crippen molar-refractivity contribution in [3.05, 3.63) is 0 Å². The number of likely N-dealkylation sites (N-methyl/N-ethyl adjacent to an activating group) is 1. The third-order valence-corrected chi connectivity index (χ3v) is 9.05. The van der Waals surface area contributed by atoms with Gasteiger partial charge in [0, 0.05) is 25.5 Å². The molecule has 2 aliphatic heterocycles. The molecule has 0 saturated carbocycles. The average Bonchev–Trinajstić information content (AvgIpc) is 2.86. The minimum Gasteiger partial charge on any atom is -0.435 e. The molecule has 10 nitrogen and oxygen atoms in total. The number of methoxy groups -OCH3 is 1. The number of hydrogen-bond donors (Lipinski definition) is 4. The summed E-state index contributed by atoms with van der Waals surface area (Å²) in [6, 6.07) is -0.487. The first-order chi connectivity index (χ1) is 17.5. The van der Waals surface area contributed by atoms with Crippen LogP contribution in [-0.4, -0.2) is 100 Å². The number of ether oxygens (including phenoxy) is 4. The molecule has 0 aliphatic carbocycles. The number of carbonyl (C=O) groups excluding carboxylic acids is 1. The Kier molecular flexibility index (Phi) is 12.0. The van der Waals surface area contributed by atoms with Gasteiger partial charge >= 0.3 is 5.97 Å². The van der Waals surface area contributed by atoms with Crippen LogP contribution in [0.4, 0.5) is 0 Å². The highest BCUT2D eigenvalue weighted by molar-refractivity contribution is 5.72. The lowest BCUT2D eigenvalue weighted by atomic mass is 9.82. The molecule has 2 aliphatic rings. The summed E-state index contributed by atoms with van der Waals surface area (Å²) in [5, 5.41) is 43.2. The van der Waals surface area contributed by atoms with Gasteiger partial charge < -0.3 is 39.4 Å². The van der Waals surface area contributed by atoms with E-state index in [2.05, 4.69) is 6.92 Å². The number of aliphatic hydroxyl groups is 4. The molecule has 2 heterocycles. The van der Waals surface area contributed by atoms with Crippen molar-refractivity contribution in [1.82, 2.24) is 4.90 Å². The van der Waals surface area contributed by atoms with Gasteiger partial charge in [0.25, 0.3) is 0 Å². The van der Waals surface area contributed by atoms with Crippen molar-refractivity contribution in [1.29, 1.82) is 0 Å². The Morgan fingerprint density at radius 3 is 2.13 bits per heavy atom. The molecule has 0 aromatic rings. The first kappa shape index (κ1) is 33.4. The van der Waals surface area contributed by atoms with E-state index in [1.807, 2.05) is 13.8 Å². The van der Waals surface area contributed by atoms with Gasteiger partial charge in [-0.15, -0.1) is 0 Å². The third-order valence-electron chi connectivity index (χ3n) is 9.05. The minimum atomic E-state index is -1.54. The zero-order valence-electron chi connectivity index (χ0n) is 24.9. The molecule has 38 heavy (non-hydrogen) atoms. The van der Waals surface area contributed by atoms with Gasteiger partial charge in [-0.2, -0.15) is 0 Å². The van der Waals surface area contributed by atoms with Crippen LogP contribution in [0.5, 0.6) is 0 Å². The van der Waals surface area contributed by atoms with Crippen molar-refractivity contribution >= 4 is 5.97 Å². The van der Waals surface area contributed by atoms with E-state index in [0.717, 1.165) is 6.42 Å². The molecule has 0 amide bonds. The van der Waals surface area contributed by atoms with E-state index in [4.69, 9.17) is 18.9 Å². The Balaban J connectivity index is 2.36. The van der Waals surface area contributed by atoms with Gasteiger partial charge in [-0.3, -0.25) is 9.69 Å². The highest BCUT2D eigenvalue weighted by Gasteiger charge is 2.47. The maximum atomic E-state index is 13.2. The van der Waals surface area contributed by atoms with Crippen molar-refractivity contribution in [2.75, 3.05) is 14.2 Å². The van der Waals surface area contributed by atoms with E-state index in [0.29, 0.717) is 6.42 Å². The van der Waals surface area contributed by atoms with Crippen molar-refractivity contribution in [3.63, 3.8) is 0 Å². The Hall–Kier alpha value is -0.850. The maximum absolute atomic E-state index is 13.2. The number of esters is 1. The molecule has 10 heteroatoms. The first-order valence-corrected chi connectivity index (χ1v) is 14.0. The molecular formula is C28H53NO9. The molecule has 2 saturated heterocycles. The van der Waals surface area contributed by atoms with Gasteiger partial charge in [-0.25, -0.2) is 0 Å². The summed E-state index contributed by atoms with van der Waals surface area (Å²) < 4.78 is 23.5. The Bertz CT molecular complexity index is 756. The van der Waals surface area contributed by atoms with Crippen LogP contribution in [0.2, 0.25) is 0 Å². The monoisotopic (exact) mass is 547 g/mol. The fourth-order valence-electron chi connectivity index (χ4n) is 6.09. The summed E-state index contributed by atoms with van der Waals surface area (Å²) in [6.45, 7) is 14.8. The van der Waals surface area contributed by atoms with E-state index >= 15 is 0 Å². The summed E-state index contributed by atoms with van der Waals surface area (Å²) in [5.41, 5.74) is -0.877. The quantitative estimate of drug-likeness (QED) is 0.389. The van der Waals surface area contributed by atoms with Crippen LogP contribution in [0.1, 0.15) is 74.7 Å². The van der Waals surface area contributed by atoms with Crippen LogP contribution >= 0.6 is 0 Å². The minimum absolute atomic E-state index is 0.0803. The third kappa shape index (κ3) is 7.66. The number of nitrogens with zero attached hydrogens (tertiary/aromatic N) is 1. The number of rotatable bonds is 3. The van der Waals surface area contributed by atoms with Crippen LogP contribution in [-0.2, 0) is 23.7 Å². The van der Waals surface area contributed by atoms with Crippen molar-refractivity contribution in [2.45, 2.75) is 130 Å². The zero-order valence-corrected chi connectivity index (χ0v) is 24.9. The number of hydrogen-bond acceptors (Lipinski definition) is 10. The molecule has 2 fully saturated rings. The molecular weight excluding hydrogens is 494 g/mol. The molecule has 2 rings (SSSR count). The van der Waals surface area contributed by atoms with Crippen LogP contribution < -0.4 is 0 Å². The average molecular weight is 548 g/mol. The Labute approximate surface area is 228 Å². The van der Waals surface area contributed by atoms with E-state index in [1.165, 1.54) is 7.11 Å². The molecule has 14 atom stereocenters. The summed E-state index contributed by atoms with van der Waals surface area (Å²) in [7, 11) is 3.28. The predicted molar refractivity (Wildman–Crippen MR) is 142 cm³/mol. The lowest BCUT2D eigenvalue weighted by Gasteiger charge is -2.45. The van der Waals surface area contributed by atoms with E-state index < -0.39 is 72.7 Å². The smallest absolute Gasteiger partial charge is 0.313 e. The van der Waals surface area contributed by atoms with Crippen molar-refractivity contribution in [2.24, 2.45) is 29.6 Å². The van der Waals surface area contributed by atoms with Gasteiger partial charge in [0.2, 0.25) is 6.29 Å². The summed E-state index contributed by atoms with van der Waals surface area (Å²) in [4.78, 5) is 14.9.